The van der Waals surface area contributed by atoms with Gasteiger partial charge in [0.1, 0.15) is 23.9 Å². The van der Waals surface area contributed by atoms with Gasteiger partial charge in [-0.25, -0.2) is 4.98 Å². The highest BCUT2D eigenvalue weighted by Crippen LogP contribution is 2.34. The Labute approximate surface area is 331 Å². The van der Waals surface area contributed by atoms with Crippen LogP contribution in [0, 0.1) is 17.0 Å². The van der Waals surface area contributed by atoms with Gasteiger partial charge in [-0.1, -0.05) is 48.0 Å². The largest absolute Gasteiger partial charge is 0.497 e. The quantitative estimate of drug-likeness (QED) is 0.0584. The number of hydrogen-bond donors (Lipinski definition) is 0. The number of pyridine rings is 1. The maximum Gasteiger partial charge on any atom is 0.276 e. The molecule has 6 rings (SSSR count). The van der Waals surface area contributed by atoms with Gasteiger partial charge in [-0.15, -0.1) is 12.4 Å². The van der Waals surface area contributed by atoms with Gasteiger partial charge >= 0.3 is 0 Å². The van der Waals surface area contributed by atoms with Crippen molar-refractivity contribution in [3.05, 3.63) is 152 Å². The van der Waals surface area contributed by atoms with Gasteiger partial charge in [0.05, 0.1) is 35.4 Å². The normalized spacial score (nSPS) is 12.9. The van der Waals surface area contributed by atoms with Crippen LogP contribution in [0.3, 0.4) is 0 Å². The first-order valence-corrected chi connectivity index (χ1v) is 17.9. The van der Waals surface area contributed by atoms with Crippen LogP contribution in [0.2, 0.25) is 5.02 Å². The summed E-state index contributed by atoms with van der Waals surface area (Å²) in [5, 5.41) is 11.6. The van der Waals surface area contributed by atoms with Gasteiger partial charge in [-0.05, 0) is 83.8 Å². The zero-order valence-electron chi connectivity index (χ0n) is 30.6. The van der Waals surface area contributed by atoms with Crippen molar-refractivity contribution in [1.82, 2.24) is 14.8 Å². The van der Waals surface area contributed by atoms with E-state index in [0.717, 1.165) is 48.7 Å². The lowest BCUT2D eigenvalue weighted by Gasteiger charge is -2.34. The topological polar surface area (TPSA) is 117 Å². The fourth-order valence-corrected chi connectivity index (χ4v) is 6.31. The predicted octanol–water partition coefficient (Wildman–Crippen LogP) is 8.73. The van der Waals surface area contributed by atoms with Gasteiger partial charge in [0.2, 0.25) is 11.8 Å². The summed E-state index contributed by atoms with van der Waals surface area (Å²) in [6, 6.07) is 29.6. The molecule has 1 amide bonds. The molecule has 2 heterocycles. The number of amides is 1. The lowest BCUT2D eigenvalue weighted by molar-refractivity contribution is -0.385. The molecule has 0 bridgehead atoms. The van der Waals surface area contributed by atoms with Gasteiger partial charge in [-0.3, -0.25) is 19.8 Å². The molecule has 13 heteroatoms. The molecule has 0 N–H and O–H groups in total. The van der Waals surface area contributed by atoms with Crippen molar-refractivity contribution in [1.29, 1.82) is 0 Å². The molecule has 1 fully saturated rings. The Morgan fingerprint density at radius 3 is 2.25 bits per heavy atom. The standard InChI is InChI=1S/C42H41ClN4O7.ClH/c1-30-25-33(26-38(43)42(30)54-40-17-16-37(27-44-40)53-29-34-5-3-4-6-39(34)47(49)50)11-18-41(48)46-22-20-45(21-23-46)28-32-9-7-31(8-10-32)19-24-52-36-14-12-35(51-2)13-15-36;/h3-18,25-27H,19-24,28-29H2,1-2H3;1H/b18-11+;. The molecule has 1 aliphatic heterocycles. The number of halogens is 2. The smallest absolute Gasteiger partial charge is 0.276 e. The van der Waals surface area contributed by atoms with Crippen molar-refractivity contribution < 1.29 is 28.7 Å². The number of nitrogens with zero attached hydrogens (tertiary/aromatic N) is 4. The number of benzene rings is 4. The van der Waals surface area contributed by atoms with Crippen molar-refractivity contribution in [2.75, 3.05) is 39.9 Å². The fourth-order valence-electron chi connectivity index (χ4n) is 6.00. The van der Waals surface area contributed by atoms with Crippen LogP contribution in [0.1, 0.15) is 27.8 Å². The summed E-state index contributed by atoms with van der Waals surface area (Å²) >= 11 is 6.61. The van der Waals surface area contributed by atoms with Crippen LogP contribution in [0.5, 0.6) is 28.9 Å². The molecule has 0 saturated carbocycles. The van der Waals surface area contributed by atoms with Crippen molar-refractivity contribution >= 4 is 41.7 Å². The molecule has 0 atom stereocenters. The third-order valence-electron chi connectivity index (χ3n) is 9.00. The average molecular weight is 786 g/mol. The summed E-state index contributed by atoms with van der Waals surface area (Å²) in [5.41, 5.74) is 4.47. The molecule has 0 spiro atoms. The van der Waals surface area contributed by atoms with E-state index in [1.165, 1.54) is 23.4 Å². The van der Waals surface area contributed by atoms with E-state index in [1.807, 2.05) is 42.2 Å². The number of ether oxygens (including phenoxy) is 4. The SMILES string of the molecule is COc1ccc(OCCc2ccc(CN3CCN(C(=O)/C=C/c4cc(C)c(Oc5ccc(OCc6ccccc6[N+](=O)[O-])cn5)c(Cl)c4)CC3)cc2)cc1.Cl. The van der Waals surface area contributed by atoms with E-state index < -0.39 is 4.92 Å². The highest BCUT2D eigenvalue weighted by Gasteiger charge is 2.20. The molecular formula is C42H42Cl2N4O7. The van der Waals surface area contributed by atoms with Crippen molar-refractivity contribution in [2.24, 2.45) is 0 Å². The van der Waals surface area contributed by atoms with E-state index >= 15 is 0 Å². The molecule has 1 saturated heterocycles. The Kier molecular flexibility index (Phi) is 14.5. The Balaban J connectivity index is 0.00000580. The monoisotopic (exact) mass is 784 g/mol. The molecule has 0 unspecified atom stereocenters. The van der Waals surface area contributed by atoms with Crippen molar-refractivity contribution in [3.63, 3.8) is 0 Å². The van der Waals surface area contributed by atoms with E-state index in [4.69, 9.17) is 30.5 Å². The number of carbonyl (C=O) groups is 1. The highest BCUT2D eigenvalue weighted by atomic mass is 35.5. The van der Waals surface area contributed by atoms with Gasteiger partial charge in [0.15, 0.2) is 5.75 Å². The van der Waals surface area contributed by atoms with E-state index in [2.05, 4.69) is 34.1 Å². The Hall–Kier alpha value is -5.62. The van der Waals surface area contributed by atoms with Crippen LogP contribution in [0.15, 0.2) is 109 Å². The summed E-state index contributed by atoms with van der Waals surface area (Å²) < 4.78 is 22.7. The zero-order chi connectivity index (χ0) is 37.9. The first-order valence-electron chi connectivity index (χ1n) is 17.6. The maximum atomic E-state index is 13.1. The third kappa shape index (κ3) is 11.4. The number of carbonyl (C=O) groups excluding carboxylic acids is 1. The number of aryl methyl sites for hydroxylation is 1. The number of aromatic nitrogens is 1. The molecule has 0 radical (unpaired) electrons. The van der Waals surface area contributed by atoms with Gasteiger partial charge in [-0.2, -0.15) is 0 Å². The summed E-state index contributed by atoms with van der Waals surface area (Å²) in [5.74, 6) is 2.78. The minimum absolute atomic E-state index is 0. The minimum Gasteiger partial charge on any atom is -0.497 e. The molecule has 1 aromatic heterocycles. The number of para-hydroxylation sites is 1. The van der Waals surface area contributed by atoms with Gasteiger partial charge < -0.3 is 23.8 Å². The van der Waals surface area contributed by atoms with Gasteiger partial charge in [0.25, 0.3) is 5.69 Å². The number of rotatable bonds is 15. The van der Waals surface area contributed by atoms with Crippen LogP contribution in [-0.2, 0) is 24.4 Å². The third-order valence-corrected chi connectivity index (χ3v) is 9.28. The van der Waals surface area contributed by atoms with E-state index in [0.29, 0.717) is 47.7 Å². The lowest BCUT2D eigenvalue weighted by atomic mass is 10.1. The van der Waals surface area contributed by atoms with Crippen LogP contribution in [0.4, 0.5) is 5.69 Å². The molecular weight excluding hydrogens is 743 g/mol. The molecule has 286 valence electrons. The number of nitro groups is 1. The molecule has 0 aliphatic carbocycles. The number of piperazine rings is 1. The van der Waals surface area contributed by atoms with E-state index in [-0.39, 0.29) is 30.6 Å². The first kappa shape index (κ1) is 40.6. The molecule has 55 heavy (non-hydrogen) atoms. The Morgan fingerprint density at radius 1 is 0.891 bits per heavy atom. The number of nitro benzene ring substituents is 1. The highest BCUT2D eigenvalue weighted by molar-refractivity contribution is 6.32. The van der Waals surface area contributed by atoms with Crippen LogP contribution >= 0.6 is 24.0 Å². The van der Waals surface area contributed by atoms with Crippen LogP contribution in [0.25, 0.3) is 6.08 Å². The minimum atomic E-state index is -0.437. The Bertz CT molecular complexity index is 2050. The van der Waals surface area contributed by atoms with E-state index in [9.17, 15) is 14.9 Å². The van der Waals surface area contributed by atoms with Crippen molar-refractivity contribution in [2.45, 2.75) is 26.5 Å². The summed E-state index contributed by atoms with van der Waals surface area (Å²) in [6.07, 6.45) is 5.66. The first-order chi connectivity index (χ1) is 26.2. The number of hydrogen-bond acceptors (Lipinski definition) is 9. The molecule has 5 aromatic rings. The summed E-state index contributed by atoms with van der Waals surface area (Å²) in [4.78, 5) is 32.4. The zero-order valence-corrected chi connectivity index (χ0v) is 32.1. The molecule has 1 aliphatic rings. The summed E-state index contributed by atoms with van der Waals surface area (Å²) in [6.45, 7) is 6.23. The average Bonchev–Trinajstić information content (AvgIpc) is 3.19. The second-order valence-corrected chi connectivity index (χ2v) is 13.2. The van der Waals surface area contributed by atoms with Crippen LogP contribution < -0.4 is 18.9 Å². The second-order valence-electron chi connectivity index (χ2n) is 12.8. The Morgan fingerprint density at radius 2 is 1.58 bits per heavy atom. The summed E-state index contributed by atoms with van der Waals surface area (Å²) in [7, 11) is 1.65. The molecule has 11 nitrogen and oxygen atoms in total. The lowest BCUT2D eigenvalue weighted by Crippen LogP contribution is -2.47. The van der Waals surface area contributed by atoms with Crippen LogP contribution in [-0.4, -0.2) is 65.5 Å². The molecule has 4 aromatic carbocycles. The number of methoxy groups -OCH3 is 1. The maximum absolute atomic E-state index is 13.1. The second kappa shape index (κ2) is 19.6. The van der Waals surface area contributed by atoms with Gasteiger partial charge in [0, 0.05) is 57.4 Å². The predicted molar refractivity (Wildman–Crippen MR) is 215 cm³/mol. The van der Waals surface area contributed by atoms with Crippen molar-refractivity contribution in [3.8, 4) is 28.9 Å². The fraction of sp³-hybridized carbons (Fsp3) is 0.238. The van der Waals surface area contributed by atoms with E-state index in [1.54, 1.807) is 55.7 Å².